The third kappa shape index (κ3) is 3.61. The van der Waals surface area contributed by atoms with Crippen molar-refractivity contribution in [3.8, 4) is 0 Å². The molecule has 0 aliphatic carbocycles. The summed E-state index contributed by atoms with van der Waals surface area (Å²) in [4.78, 5) is 0. The van der Waals surface area contributed by atoms with Crippen LogP contribution in [0, 0.1) is 27.7 Å². The Kier molecular flexibility index (Phi) is 5.00. The zero-order valence-electron chi connectivity index (χ0n) is 13.1. The molecule has 2 rings (SSSR count). The summed E-state index contributed by atoms with van der Waals surface area (Å²) in [6.45, 7) is 10.7. The number of rotatable bonds is 3. The van der Waals surface area contributed by atoms with Crippen LogP contribution < -0.4 is 5.32 Å². The molecule has 0 spiro atoms. The zero-order valence-corrected chi connectivity index (χ0v) is 15.5. The largest absolute Gasteiger partial charge is 0.378 e. The van der Waals surface area contributed by atoms with E-state index < -0.39 is 0 Å². The van der Waals surface area contributed by atoms with Crippen molar-refractivity contribution in [3.63, 3.8) is 0 Å². The smallest absolute Gasteiger partial charge is 0.0504 e. The van der Waals surface area contributed by atoms with E-state index in [9.17, 15) is 0 Å². The average molecular weight is 367 g/mol. The molecule has 0 radical (unpaired) electrons. The van der Waals surface area contributed by atoms with Crippen molar-refractivity contribution in [3.05, 3.63) is 61.6 Å². The van der Waals surface area contributed by atoms with Gasteiger partial charge in [0.2, 0.25) is 0 Å². The summed E-state index contributed by atoms with van der Waals surface area (Å²) in [6, 6.07) is 8.72. The van der Waals surface area contributed by atoms with Crippen LogP contribution >= 0.6 is 27.5 Å². The van der Waals surface area contributed by atoms with E-state index in [-0.39, 0.29) is 6.04 Å². The molecule has 1 N–H and O–H groups in total. The first-order valence-corrected chi connectivity index (χ1v) is 8.26. The minimum Gasteiger partial charge on any atom is -0.378 e. The highest BCUT2D eigenvalue weighted by molar-refractivity contribution is 9.10. The lowest BCUT2D eigenvalue weighted by Gasteiger charge is -2.22. The minimum atomic E-state index is 0.223. The van der Waals surface area contributed by atoms with Gasteiger partial charge in [0.1, 0.15) is 0 Å². The first-order chi connectivity index (χ1) is 9.79. The molecule has 0 saturated carbocycles. The van der Waals surface area contributed by atoms with E-state index >= 15 is 0 Å². The maximum Gasteiger partial charge on any atom is 0.0504 e. The second kappa shape index (κ2) is 6.41. The van der Waals surface area contributed by atoms with Gasteiger partial charge < -0.3 is 5.32 Å². The monoisotopic (exact) mass is 365 g/mol. The molecule has 1 atom stereocenters. The molecular formula is C18H21BrClN. The van der Waals surface area contributed by atoms with Crippen LogP contribution in [0.25, 0.3) is 0 Å². The number of halogens is 2. The number of benzene rings is 2. The predicted octanol–water partition coefficient (Wildman–Crippen LogP) is 6.51. The third-order valence-electron chi connectivity index (χ3n) is 3.79. The molecule has 1 unspecified atom stereocenters. The Morgan fingerprint density at radius 2 is 1.52 bits per heavy atom. The second-order valence-corrected chi connectivity index (χ2v) is 7.02. The number of aryl methyl sites for hydroxylation is 4. The zero-order chi connectivity index (χ0) is 15.7. The van der Waals surface area contributed by atoms with Gasteiger partial charge in [-0.2, -0.15) is 0 Å². The fraction of sp³-hybridized carbons (Fsp3) is 0.333. The Morgan fingerprint density at radius 1 is 0.952 bits per heavy atom. The molecule has 0 aliphatic heterocycles. The molecule has 2 aromatic carbocycles. The highest BCUT2D eigenvalue weighted by Crippen LogP contribution is 2.33. The Bertz CT molecular complexity index is 656. The van der Waals surface area contributed by atoms with E-state index in [1.165, 1.54) is 22.3 Å². The van der Waals surface area contributed by atoms with Gasteiger partial charge in [-0.15, -0.1) is 0 Å². The van der Waals surface area contributed by atoms with Crippen LogP contribution in [0.15, 0.2) is 28.7 Å². The summed E-state index contributed by atoms with van der Waals surface area (Å²) in [6.07, 6.45) is 0. The summed E-state index contributed by atoms with van der Waals surface area (Å²) in [5.74, 6) is 0. The minimum absolute atomic E-state index is 0.223. The van der Waals surface area contributed by atoms with E-state index in [0.717, 1.165) is 20.7 Å². The first-order valence-electron chi connectivity index (χ1n) is 7.09. The molecule has 0 amide bonds. The highest BCUT2D eigenvalue weighted by Gasteiger charge is 2.14. The van der Waals surface area contributed by atoms with Crippen molar-refractivity contribution in [2.24, 2.45) is 0 Å². The van der Waals surface area contributed by atoms with Gasteiger partial charge >= 0.3 is 0 Å². The molecule has 0 aromatic heterocycles. The molecule has 0 fully saturated rings. The van der Waals surface area contributed by atoms with Crippen molar-refractivity contribution in [1.29, 1.82) is 0 Å². The van der Waals surface area contributed by atoms with Gasteiger partial charge in [-0.1, -0.05) is 29.3 Å². The van der Waals surface area contributed by atoms with Crippen LogP contribution in [0.2, 0.25) is 5.02 Å². The van der Waals surface area contributed by atoms with E-state index in [1.807, 2.05) is 19.1 Å². The van der Waals surface area contributed by atoms with E-state index in [2.05, 4.69) is 61.1 Å². The molecule has 3 heteroatoms. The lowest BCUT2D eigenvalue weighted by Crippen LogP contribution is -2.11. The Morgan fingerprint density at radius 3 is 2.10 bits per heavy atom. The van der Waals surface area contributed by atoms with Crippen LogP contribution in [-0.2, 0) is 0 Å². The van der Waals surface area contributed by atoms with Crippen molar-refractivity contribution in [2.75, 3.05) is 5.32 Å². The van der Waals surface area contributed by atoms with Crippen molar-refractivity contribution >= 4 is 33.2 Å². The van der Waals surface area contributed by atoms with Gasteiger partial charge in [-0.3, -0.25) is 0 Å². The topological polar surface area (TPSA) is 12.0 Å². The van der Waals surface area contributed by atoms with Gasteiger partial charge in [0.05, 0.1) is 5.69 Å². The summed E-state index contributed by atoms with van der Waals surface area (Å²) in [5.41, 5.74) is 7.40. The van der Waals surface area contributed by atoms with Gasteiger partial charge in [0.15, 0.2) is 0 Å². The normalized spacial score (nSPS) is 12.3. The molecule has 0 aliphatic rings. The Hall–Kier alpha value is -0.990. The molecular weight excluding hydrogens is 346 g/mol. The summed E-state index contributed by atoms with van der Waals surface area (Å²) in [5, 5.41) is 4.35. The van der Waals surface area contributed by atoms with Crippen molar-refractivity contribution in [2.45, 2.75) is 40.7 Å². The van der Waals surface area contributed by atoms with Crippen LogP contribution in [0.5, 0.6) is 0 Å². The van der Waals surface area contributed by atoms with Gasteiger partial charge in [-0.05, 0) is 84.9 Å². The second-order valence-electron chi connectivity index (χ2n) is 5.76. The van der Waals surface area contributed by atoms with Crippen LogP contribution in [0.1, 0.15) is 40.8 Å². The quantitative estimate of drug-likeness (QED) is 0.653. The summed E-state index contributed by atoms with van der Waals surface area (Å²) >= 11 is 9.85. The lowest BCUT2D eigenvalue weighted by molar-refractivity contribution is 0.861. The Balaban J connectivity index is 2.35. The number of anilines is 1. The number of nitrogens with one attached hydrogen (secondary N) is 1. The van der Waals surface area contributed by atoms with Crippen LogP contribution in [0.4, 0.5) is 5.69 Å². The van der Waals surface area contributed by atoms with E-state index in [4.69, 9.17) is 11.6 Å². The van der Waals surface area contributed by atoms with Crippen molar-refractivity contribution in [1.82, 2.24) is 0 Å². The molecule has 2 aromatic rings. The maximum atomic E-state index is 6.24. The molecule has 0 heterocycles. The number of hydrogen-bond donors (Lipinski definition) is 1. The molecule has 112 valence electrons. The summed E-state index contributed by atoms with van der Waals surface area (Å²) in [7, 11) is 0. The molecule has 21 heavy (non-hydrogen) atoms. The van der Waals surface area contributed by atoms with Gasteiger partial charge in [0, 0.05) is 15.5 Å². The van der Waals surface area contributed by atoms with Crippen LogP contribution in [-0.4, -0.2) is 0 Å². The van der Waals surface area contributed by atoms with Crippen molar-refractivity contribution < 1.29 is 0 Å². The fourth-order valence-electron chi connectivity index (χ4n) is 2.94. The predicted molar refractivity (Wildman–Crippen MR) is 96.6 cm³/mol. The summed E-state index contributed by atoms with van der Waals surface area (Å²) < 4.78 is 1.04. The fourth-order valence-corrected chi connectivity index (χ4v) is 3.67. The van der Waals surface area contributed by atoms with Gasteiger partial charge in [0.25, 0.3) is 0 Å². The van der Waals surface area contributed by atoms with E-state index in [1.54, 1.807) is 0 Å². The third-order valence-corrected chi connectivity index (χ3v) is 4.85. The molecule has 1 nitrogen and oxygen atoms in total. The first kappa shape index (κ1) is 16.4. The average Bonchev–Trinajstić information content (AvgIpc) is 2.34. The van der Waals surface area contributed by atoms with Gasteiger partial charge in [-0.25, -0.2) is 0 Å². The lowest BCUT2D eigenvalue weighted by atomic mass is 9.94. The SMILES string of the molecule is Cc1cc(C)c(C(C)Nc2cc(Cl)c(C)cc2Br)c(C)c1. The standard InChI is InChI=1S/C18H21BrClN/c1-10-6-12(3)18(13(4)7-10)14(5)21-17-9-16(20)11(2)8-15(17)19/h6-9,14,21H,1-5H3. The molecule has 0 saturated heterocycles. The number of hydrogen-bond acceptors (Lipinski definition) is 1. The Labute approximate surface area is 140 Å². The van der Waals surface area contributed by atoms with E-state index in [0.29, 0.717) is 0 Å². The molecule has 0 bridgehead atoms. The van der Waals surface area contributed by atoms with Crippen LogP contribution in [0.3, 0.4) is 0 Å². The highest BCUT2D eigenvalue weighted by atomic mass is 79.9. The maximum absolute atomic E-state index is 6.24.